The first-order valence-electron chi connectivity index (χ1n) is 9.31. The third-order valence-electron chi connectivity index (χ3n) is 4.99. The molecule has 1 atom stereocenters. The molecule has 9 nitrogen and oxygen atoms in total. The van der Waals surface area contributed by atoms with Crippen molar-refractivity contribution in [2.75, 3.05) is 7.11 Å². The second-order valence-corrected chi connectivity index (χ2v) is 7.00. The van der Waals surface area contributed by atoms with Gasteiger partial charge in [0.2, 0.25) is 0 Å². The Hall–Kier alpha value is -3.73. The van der Waals surface area contributed by atoms with Gasteiger partial charge in [0.1, 0.15) is 41.2 Å². The summed E-state index contributed by atoms with van der Waals surface area (Å²) >= 11 is 0. The molecule has 0 aliphatic carbocycles. The van der Waals surface area contributed by atoms with Crippen LogP contribution in [0.15, 0.2) is 53.8 Å². The quantitative estimate of drug-likeness (QED) is 0.477. The smallest absolute Gasteiger partial charge is 0.277 e. The highest BCUT2D eigenvalue weighted by Crippen LogP contribution is 2.30. The third kappa shape index (κ3) is 4.12. The highest BCUT2D eigenvalue weighted by molar-refractivity contribution is 5.78. The maximum absolute atomic E-state index is 14.5. The van der Waals surface area contributed by atoms with Gasteiger partial charge in [0.15, 0.2) is 0 Å². The number of nitrogens with zero attached hydrogens (tertiary/aromatic N) is 6. The van der Waals surface area contributed by atoms with Gasteiger partial charge in [0, 0.05) is 30.7 Å². The van der Waals surface area contributed by atoms with Crippen LogP contribution in [0.2, 0.25) is 0 Å². The summed E-state index contributed by atoms with van der Waals surface area (Å²) in [4.78, 5) is 16.6. The first-order valence-corrected chi connectivity index (χ1v) is 9.31. The lowest BCUT2D eigenvalue weighted by Gasteiger charge is -2.29. The molecule has 0 aliphatic rings. The molecule has 4 aromatic rings. The van der Waals surface area contributed by atoms with Gasteiger partial charge in [0.05, 0.1) is 19.0 Å². The van der Waals surface area contributed by atoms with Crippen LogP contribution < -0.4 is 10.3 Å². The van der Waals surface area contributed by atoms with Crippen molar-refractivity contribution in [1.82, 2.24) is 29.8 Å². The number of rotatable bonds is 7. The Morgan fingerprint density at radius 3 is 2.74 bits per heavy atom. The fourth-order valence-corrected chi connectivity index (χ4v) is 3.37. The van der Waals surface area contributed by atoms with E-state index in [-0.39, 0.29) is 25.1 Å². The molecule has 0 radical (unpaired) electrons. The van der Waals surface area contributed by atoms with Crippen LogP contribution in [0, 0.1) is 11.6 Å². The van der Waals surface area contributed by atoms with E-state index in [0.717, 1.165) is 10.7 Å². The molecule has 160 valence electrons. The minimum atomic E-state index is -1.82. The molecule has 1 unspecified atom stereocenters. The average Bonchev–Trinajstić information content (AvgIpc) is 3.25. The first-order chi connectivity index (χ1) is 14.9. The molecule has 2 aromatic heterocycles. The van der Waals surface area contributed by atoms with E-state index in [1.807, 2.05) is 0 Å². The third-order valence-corrected chi connectivity index (χ3v) is 4.99. The van der Waals surface area contributed by atoms with E-state index in [0.29, 0.717) is 22.7 Å². The monoisotopic (exact) mass is 428 g/mol. The maximum atomic E-state index is 14.5. The Morgan fingerprint density at radius 1 is 1.19 bits per heavy atom. The molecular weight excluding hydrogens is 410 g/mol. The van der Waals surface area contributed by atoms with Gasteiger partial charge in [-0.1, -0.05) is 11.3 Å². The summed E-state index contributed by atoms with van der Waals surface area (Å²) < 4.78 is 35.4. The van der Waals surface area contributed by atoms with Crippen molar-refractivity contribution in [1.29, 1.82) is 0 Å². The van der Waals surface area contributed by atoms with E-state index in [2.05, 4.69) is 20.4 Å². The lowest BCUT2D eigenvalue weighted by atomic mass is 9.89. The van der Waals surface area contributed by atoms with Crippen LogP contribution in [-0.2, 0) is 18.7 Å². The molecule has 0 saturated heterocycles. The Morgan fingerprint density at radius 2 is 2.03 bits per heavy atom. The highest BCUT2D eigenvalue weighted by atomic mass is 19.1. The number of aryl methyl sites for hydroxylation is 1. The number of methoxy groups -OCH3 is 1. The van der Waals surface area contributed by atoms with Crippen LogP contribution in [0.3, 0.4) is 0 Å². The predicted octanol–water partition coefficient (Wildman–Crippen LogP) is 1.65. The minimum Gasteiger partial charge on any atom is -0.497 e. The van der Waals surface area contributed by atoms with Crippen molar-refractivity contribution in [3.63, 3.8) is 0 Å². The van der Waals surface area contributed by atoms with Gasteiger partial charge in [0.25, 0.3) is 5.56 Å². The fraction of sp³-hybridized carbons (Fsp3) is 0.250. The molecule has 0 aliphatic heterocycles. The van der Waals surface area contributed by atoms with E-state index in [4.69, 9.17) is 4.74 Å². The summed E-state index contributed by atoms with van der Waals surface area (Å²) in [7, 11) is 1.50. The van der Waals surface area contributed by atoms with E-state index >= 15 is 0 Å². The number of fused-ring (bicyclic) bond motifs is 1. The lowest BCUT2D eigenvalue weighted by molar-refractivity contribution is -0.00227. The topological polar surface area (TPSA) is 108 Å². The first kappa shape index (κ1) is 20.5. The van der Waals surface area contributed by atoms with Crippen LogP contribution in [0.25, 0.3) is 10.9 Å². The SMILES string of the molecule is COc1ccc2c(=O)n(CCC(O)(Cn3cncn3)c3ccc(F)cc3F)nnc2c1. The van der Waals surface area contributed by atoms with Crippen LogP contribution in [-0.4, -0.2) is 42.0 Å². The van der Waals surface area contributed by atoms with Gasteiger partial charge in [-0.15, -0.1) is 5.10 Å². The average molecular weight is 428 g/mol. The normalized spacial score (nSPS) is 13.3. The van der Waals surface area contributed by atoms with Gasteiger partial charge < -0.3 is 9.84 Å². The number of benzene rings is 2. The molecule has 4 rings (SSSR count). The molecule has 0 fully saturated rings. The van der Waals surface area contributed by atoms with Crippen molar-refractivity contribution in [2.45, 2.75) is 25.1 Å². The van der Waals surface area contributed by atoms with Crippen molar-refractivity contribution >= 4 is 10.9 Å². The van der Waals surface area contributed by atoms with Gasteiger partial charge in [-0.3, -0.25) is 4.79 Å². The molecule has 1 N–H and O–H groups in total. The number of hydrogen-bond donors (Lipinski definition) is 1. The van der Waals surface area contributed by atoms with Crippen LogP contribution in [0.1, 0.15) is 12.0 Å². The fourth-order valence-electron chi connectivity index (χ4n) is 3.37. The van der Waals surface area contributed by atoms with Crippen molar-refractivity contribution in [2.24, 2.45) is 0 Å². The van der Waals surface area contributed by atoms with Gasteiger partial charge in [-0.2, -0.15) is 5.10 Å². The minimum absolute atomic E-state index is 0.0736. The zero-order chi connectivity index (χ0) is 22.0. The largest absolute Gasteiger partial charge is 0.497 e. The second-order valence-electron chi connectivity index (χ2n) is 7.00. The lowest BCUT2D eigenvalue weighted by Crippen LogP contribution is -2.36. The molecule has 0 bridgehead atoms. The number of halogens is 2. The molecule has 2 aromatic carbocycles. The van der Waals surface area contributed by atoms with Crippen molar-refractivity contribution in [3.8, 4) is 5.75 Å². The zero-order valence-electron chi connectivity index (χ0n) is 16.4. The summed E-state index contributed by atoms with van der Waals surface area (Å²) in [5, 5.41) is 23.5. The van der Waals surface area contributed by atoms with Crippen molar-refractivity contribution < 1.29 is 18.6 Å². The molecule has 0 amide bonds. The number of aromatic nitrogens is 6. The Labute approximate surface area is 174 Å². The number of hydrogen-bond acceptors (Lipinski definition) is 7. The number of ether oxygens (including phenoxy) is 1. The zero-order valence-corrected chi connectivity index (χ0v) is 16.4. The van der Waals surface area contributed by atoms with Crippen molar-refractivity contribution in [3.05, 3.63) is 76.6 Å². The van der Waals surface area contributed by atoms with E-state index in [1.54, 1.807) is 18.2 Å². The standard InChI is InChI=1S/C20H18F2N6O3/c1-31-14-3-4-15-18(9-14)25-26-28(19(15)29)7-6-20(30,10-27-12-23-11-24-27)16-5-2-13(21)8-17(16)22/h2-5,8-9,11-12,30H,6-7,10H2,1H3. The van der Waals surface area contributed by atoms with E-state index in [1.165, 1.54) is 30.5 Å². The molecule has 2 heterocycles. The van der Waals surface area contributed by atoms with Crippen LogP contribution in [0.5, 0.6) is 5.75 Å². The highest BCUT2D eigenvalue weighted by Gasteiger charge is 2.33. The Bertz CT molecular complexity index is 1280. The van der Waals surface area contributed by atoms with Gasteiger partial charge in [-0.05, 0) is 18.2 Å². The second kappa shape index (κ2) is 8.19. The predicted molar refractivity (Wildman–Crippen MR) is 105 cm³/mol. The summed E-state index contributed by atoms with van der Waals surface area (Å²) in [5.74, 6) is -1.14. The Kier molecular flexibility index (Phi) is 5.42. The Balaban J connectivity index is 1.67. The van der Waals surface area contributed by atoms with Gasteiger partial charge in [-0.25, -0.2) is 23.1 Å². The summed E-state index contributed by atoms with van der Waals surface area (Å²) in [5.41, 5.74) is -2.00. The van der Waals surface area contributed by atoms with E-state index < -0.39 is 22.8 Å². The molecule has 0 spiro atoms. The van der Waals surface area contributed by atoms with Gasteiger partial charge >= 0.3 is 0 Å². The molecule has 31 heavy (non-hydrogen) atoms. The number of aliphatic hydroxyl groups is 1. The summed E-state index contributed by atoms with van der Waals surface area (Å²) in [6.07, 6.45) is 2.52. The maximum Gasteiger partial charge on any atom is 0.277 e. The molecule has 0 saturated carbocycles. The van der Waals surface area contributed by atoms with Crippen LogP contribution in [0.4, 0.5) is 8.78 Å². The molecule has 11 heteroatoms. The summed E-state index contributed by atoms with van der Waals surface area (Å²) in [6.45, 7) is -0.238. The summed E-state index contributed by atoms with van der Waals surface area (Å²) in [6, 6.07) is 7.70. The molecular formula is C20H18F2N6O3. The van der Waals surface area contributed by atoms with E-state index in [9.17, 15) is 18.7 Å². The van der Waals surface area contributed by atoms with Crippen LogP contribution >= 0.6 is 0 Å².